The van der Waals surface area contributed by atoms with Gasteiger partial charge in [0, 0.05) is 10.6 Å². The number of hydrogen-bond acceptors (Lipinski definition) is 5. The molecule has 0 spiro atoms. The molecule has 1 saturated heterocycles. The minimum absolute atomic E-state index is 0.0878. The highest BCUT2D eigenvalue weighted by molar-refractivity contribution is 8.18. The summed E-state index contributed by atoms with van der Waals surface area (Å²) in [5.41, 5.74) is 1.55. The molecule has 0 bridgehead atoms. The summed E-state index contributed by atoms with van der Waals surface area (Å²) >= 11 is 18.9. The van der Waals surface area contributed by atoms with Gasteiger partial charge in [0.1, 0.15) is 12.4 Å². The summed E-state index contributed by atoms with van der Waals surface area (Å²) in [5.74, 6) is -0.128. The first-order valence-electron chi connectivity index (χ1n) is 10.8. The molecule has 1 heterocycles. The van der Waals surface area contributed by atoms with Crippen LogP contribution in [0.1, 0.15) is 23.6 Å². The highest BCUT2D eigenvalue weighted by atomic mass is 35.5. The first-order valence-corrected chi connectivity index (χ1v) is 12.7. The molecular weight excluding hydrogens is 548 g/mol. The fourth-order valence-corrected chi connectivity index (χ4v) is 4.80. The van der Waals surface area contributed by atoms with Gasteiger partial charge in [-0.15, -0.1) is 0 Å². The lowest BCUT2D eigenvalue weighted by atomic mass is 10.1. The molecule has 0 aliphatic carbocycles. The summed E-state index contributed by atoms with van der Waals surface area (Å²) in [5, 5.41) is 0.540. The second-order valence-electron chi connectivity index (χ2n) is 7.64. The van der Waals surface area contributed by atoms with Crippen LogP contribution < -0.4 is 9.47 Å². The van der Waals surface area contributed by atoms with Crippen LogP contribution in [0.3, 0.4) is 0 Å². The highest BCUT2D eigenvalue weighted by Crippen LogP contribution is 2.36. The Bertz CT molecular complexity index is 1340. The van der Waals surface area contributed by atoms with Crippen molar-refractivity contribution in [2.24, 2.45) is 0 Å². The predicted molar refractivity (Wildman–Crippen MR) is 141 cm³/mol. The molecule has 10 heteroatoms. The SMILES string of the molecule is CCOc1cc(C=C2SC(=O)N(Cc3c(F)cccc3Cl)C2=O)ccc1OCc1ccc(Cl)c(Cl)c1. The molecule has 5 nitrogen and oxygen atoms in total. The maximum absolute atomic E-state index is 14.2. The van der Waals surface area contributed by atoms with Crippen LogP contribution >= 0.6 is 46.6 Å². The van der Waals surface area contributed by atoms with Crippen LogP contribution in [0.25, 0.3) is 6.08 Å². The highest BCUT2D eigenvalue weighted by Gasteiger charge is 2.36. The lowest BCUT2D eigenvalue weighted by Crippen LogP contribution is -2.28. The molecule has 1 fully saturated rings. The number of halogens is 4. The maximum atomic E-state index is 14.2. The van der Waals surface area contributed by atoms with E-state index in [9.17, 15) is 14.0 Å². The van der Waals surface area contributed by atoms with E-state index in [2.05, 4.69) is 0 Å². The average Bonchev–Trinajstić information content (AvgIpc) is 3.10. The van der Waals surface area contributed by atoms with Crippen molar-refractivity contribution in [2.45, 2.75) is 20.1 Å². The van der Waals surface area contributed by atoms with Gasteiger partial charge in [-0.1, -0.05) is 53.0 Å². The van der Waals surface area contributed by atoms with Gasteiger partial charge in [0.15, 0.2) is 11.5 Å². The summed E-state index contributed by atoms with van der Waals surface area (Å²) < 4.78 is 25.8. The first kappa shape index (κ1) is 26.4. The topological polar surface area (TPSA) is 55.8 Å². The third kappa shape index (κ3) is 5.98. The molecule has 0 radical (unpaired) electrons. The number of rotatable bonds is 8. The van der Waals surface area contributed by atoms with Gasteiger partial charge in [-0.2, -0.15) is 0 Å². The van der Waals surface area contributed by atoms with Gasteiger partial charge in [-0.3, -0.25) is 14.5 Å². The quantitative estimate of drug-likeness (QED) is 0.259. The van der Waals surface area contributed by atoms with Crippen LogP contribution in [0.5, 0.6) is 11.5 Å². The summed E-state index contributed by atoms with van der Waals surface area (Å²) in [7, 11) is 0. The van der Waals surface area contributed by atoms with Crippen molar-refractivity contribution < 1.29 is 23.5 Å². The number of carbonyl (C=O) groups is 2. The van der Waals surface area contributed by atoms with Crippen molar-refractivity contribution in [1.82, 2.24) is 4.90 Å². The molecule has 1 aliphatic heterocycles. The van der Waals surface area contributed by atoms with Crippen molar-refractivity contribution in [3.8, 4) is 11.5 Å². The van der Waals surface area contributed by atoms with Gasteiger partial charge in [-0.25, -0.2) is 4.39 Å². The van der Waals surface area contributed by atoms with E-state index in [0.717, 1.165) is 22.2 Å². The Hall–Kier alpha value is -2.71. The molecule has 3 aromatic carbocycles. The van der Waals surface area contributed by atoms with E-state index in [-0.39, 0.29) is 28.6 Å². The zero-order valence-electron chi connectivity index (χ0n) is 18.9. The minimum atomic E-state index is -0.580. The van der Waals surface area contributed by atoms with E-state index in [0.29, 0.717) is 33.7 Å². The zero-order valence-corrected chi connectivity index (χ0v) is 22.0. The number of ether oxygens (including phenoxy) is 2. The average molecular weight is 567 g/mol. The Kier molecular flexibility index (Phi) is 8.46. The van der Waals surface area contributed by atoms with Gasteiger partial charge in [0.05, 0.1) is 28.1 Å². The van der Waals surface area contributed by atoms with E-state index < -0.39 is 17.0 Å². The van der Waals surface area contributed by atoms with Crippen LogP contribution in [0.15, 0.2) is 59.5 Å². The number of hydrogen-bond donors (Lipinski definition) is 0. The standard InChI is InChI=1S/C26H19Cl3FNO4S/c1-2-34-23-11-15(7-9-22(23)35-14-16-6-8-19(28)20(29)10-16)12-24-25(32)31(26(33)36-24)13-17-18(27)4-3-5-21(17)30/h3-12H,2,13-14H2,1H3. The third-order valence-electron chi connectivity index (χ3n) is 5.20. The number of benzene rings is 3. The molecule has 2 amide bonds. The van der Waals surface area contributed by atoms with Crippen LogP contribution in [0.2, 0.25) is 15.1 Å². The largest absolute Gasteiger partial charge is 0.490 e. The summed E-state index contributed by atoms with van der Waals surface area (Å²) in [4.78, 5) is 26.6. The summed E-state index contributed by atoms with van der Waals surface area (Å²) in [6, 6.07) is 14.6. The molecule has 186 valence electrons. The second kappa shape index (κ2) is 11.6. The lowest BCUT2D eigenvalue weighted by molar-refractivity contribution is -0.123. The van der Waals surface area contributed by atoms with Gasteiger partial charge < -0.3 is 9.47 Å². The van der Waals surface area contributed by atoms with Crippen molar-refractivity contribution in [3.05, 3.63) is 97.1 Å². The van der Waals surface area contributed by atoms with Crippen LogP contribution in [-0.4, -0.2) is 22.7 Å². The minimum Gasteiger partial charge on any atom is -0.490 e. The van der Waals surface area contributed by atoms with Crippen LogP contribution in [0.4, 0.5) is 9.18 Å². The summed E-state index contributed by atoms with van der Waals surface area (Å²) in [6.07, 6.45) is 1.58. The van der Waals surface area contributed by atoms with Crippen LogP contribution in [0, 0.1) is 5.82 Å². The van der Waals surface area contributed by atoms with Gasteiger partial charge in [0.25, 0.3) is 11.1 Å². The normalized spacial score (nSPS) is 14.6. The third-order valence-corrected chi connectivity index (χ3v) is 7.20. The Labute approximate surface area is 226 Å². The Morgan fingerprint density at radius 2 is 1.75 bits per heavy atom. The Morgan fingerprint density at radius 3 is 2.47 bits per heavy atom. The van der Waals surface area contributed by atoms with Crippen molar-refractivity contribution in [2.75, 3.05) is 6.61 Å². The number of thioether (sulfide) groups is 1. The van der Waals surface area contributed by atoms with Gasteiger partial charge in [0.2, 0.25) is 0 Å². The number of nitrogens with zero attached hydrogens (tertiary/aromatic N) is 1. The maximum Gasteiger partial charge on any atom is 0.293 e. The van der Waals surface area contributed by atoms with Crippen molar-refractivity contribution in [3.63, 3.8) is 0 Å². The van der Waals surface area contributed by atoms with E-state index in [1.165, 1.54) is 18.2 Å². The summed E-state index contributed by atoms with van der Waals surface area (Å²) in [6.45, 7) is 2.23. The Morgan fingerprint density at radius 1 is 0.944 bits per heavy atom. The van der Waals surface area contributed by atoms with Crippen molar-refractivity contribution >= 4 is 63.8 Å². The molecule has 36 heavy (non-hydrogen) atoms. The molecular formula is C26H19Cl3FNO4S. The second-order valence-corrected chi connectivity index (χ2v) is 9.86. The number of amides is 2. The fraction of sp³-hybridized carbons (Fsp3) is 0.154. The van der Waals surface area contributed by atoms with E-state index in [1.807, 2.05) is 13.0 Å². The van der Waals surface area contributed by atoms with E-state index in [4.69, 9.17) is 44.3 Å². The van der Waals surface area contributed by atoms with Gasteiger partial charge >= 0.3 is 0 Å². The number of imide groups is 1. The smallest absolute Gasteiger partial charge is 0.293 e. The van der Waals surface area contributed by atoms with Crippen LogP contribution in [-0.2, 0) is 17.9 Å². The van der Waals surface area contributed by atoms with E-state index >= 15 is 0 Å². The molecule has 0 atom stereocenters. The molecule has 0 saturated carbocycles. The molecule has 0 unspecified atom stereocenters. The monoisotopic (exact) mass is 565 g/mol. The lowest BCUT2D eigenvalue weighted by Gasteiger charge is -2.14. The zero-order chi connectivity index (χ0) is 25.8. The fourth-order valence-electron chi connectivity index (χ4n) is 3.42. The molecule has 3 aromatic rings. The predicted octanol–water partition coefficient (Wildman–Crippen LogP) is 8.00. The van der Waals surface area contributed by atoms with Crippen molar-refractivity contribution in [1.29, 1.82) is 0 Å². The molecule has 1 aliphatic rings. The van der Waals surface area contributed by atoms with Gasteiger partial charge in [-0.05, 0) is 72.3 Å². The first-order chi connectivity index (χ1) is 17.3. The van der Waals surface area contributed by atoms with E-state index in [1.54, 1.807) is 36.4 Å². The molecule has 4 rings (SSSR count). The molecule has 0 aromatic heterocycles. The Balaban J connectivity index is 1.52. The number of carbonyl (C=O) groups excluding carboxylic acids is 2. The molecule has 0 N–H and O–H groups in total.